The van der Waals surface area contributed by atoms with Crippen LogP contribution in [0, 0.1) is 0 Å². The van der Waals surface area contributed by atoms with E-state index in [1.54, 1.807) is 0 Å². The first-order valence-electron chi connectivity index (χ1n) is 7.59. The third-order valence-electron chi connectivity index (χ3n) is 4.36. The normalized spacial score (nSPS) is 17.4. The number of hydrogen-bond donors (Lipinski definition) is 1. The molecule has 1 fully saturated rings. The van der Waals surface area contributed by atoms with Gasteiger partial charge in [-0.1, -0.05) is 43.2 Å². The lowest BCUT2D eigenvalue weighted by atomic mass is 9.79. The van der Waals surface area contributed by atoms with Crippen LogP contribution in [0.4, 0.5) is 0 Å². The Balaban J connectivity index is 1.95. The van der Waals surface area contributed by atoms with Crippen molar-refractivity contribution in [2.24, 2.45) is 0 Å². The Morgan fingerprint density at radius 2 is 1.85 bits per heavy atom. The molecule has 0 radical (unpaired) electrons. The molecule has 1 aliphatic carbocycles. The number of rotatable bonds is 6. The summed E-state index contributed by atoms with van der Waals surface area (Å²) in [5.74, 6) is 0.168. The van der Waals surface area contributed by atoms with Gasteiger partial charge in [-0.2, -0.15) is 0 Å². The van der Waals surface area contributed by atoms with Gasteiger partial charge in [0, 0.05) is 24.9 Å². The molecule has 1 N–H and O–H groups in total. The minimum absolute atomic E-state index is 0.162. The molecule has 0 aliphatic heterocycles. The van der Waals surface area contributed by atoms with Crippen LogP contribution in [-0.2, 0) is 10.2 Å². The van der Waals surface area contributed by atoms with E-state index in [9.17, 15) is 4.79 Å². The van der Waals surface area contributed by atoms with Crippen molar-refractivity contribution < 1.29 is 4.79 Å². The molecule has 0 saturated heterocycles. The highest BCUT2D eigenvalue weighted by molar-refractivity contribution is 5.76. The highest BCUT2D eigenvalue weighted by Gasteiger charge is 2.35. The Bertz CT molecular complexity index is 422. The quantitative estimate of drug-likeness (QED) is 0.864. The zero-order valence-electron chi connectivity index (χ0n) is 12.7. The average Bonchev–Trinajstić information content (AvgIpc) is 2.94. The summed E-state index contributed by atoms with van der Waals surface area (Å²) < 4.78 is 0. The molecule has 0 aromatic heterocycles. The number of benzene rings is 1. The van der Waals surface area contributed by atoms with Gasteiger partial charge in [0.05, 0.1) is 0 Å². The molecule has 0 unspecified atom stereocenters. The van der Waals surface area contributed by atoms with Gasteiger partial charge in [0.25, 0.3) is 0 Å². The molecule has 2 rings (SSSR count). The second-order valence-electron chi connectivity index (χ2n) is 6.18. The highest BCUT2D eigenvalue weighted by atomic mass is 16.1. The lowest BCUT2D eigenvalue weighted by Gasteiger charge is -2.30. The average molecular weight is 274 g/mol. The smallest absolute Gasteiger partial charge is 0.221 e. The van der Waals surface area contributed by atoms with Crippen molar-refractivity contribution in [3.05, 3.63) is 35.9 Å². The molecule has 1 saturated carbocycles. The fourth-order valence-corrected chi connectivity index (χ4v) is 3.09. The molecule has 20 heavy (non-hydrogen) atoms. The van der Waals surface area contributed by atoms with E-state index >= 15 is 0 Å². The van der Waals surface area contributed by atoms with E-state index in [4.69, 9.17) is 0 Å². The Labute approximate surface area is 122 Å². The largest absolute Gasteiger partial charge is 0.355 e. The molecule has 0 bridgehead atoms. The zero-order valence-corrected chi connectivity index (χ0v) is 12.7. The van der Waals surface area contributed by atoms with Gasteiger partial charge in [-0.05, 0) is 32.5 Å². The predicted molar refractivity (Wildman–Crippen MR) is 82.8 cm³/mol. The first kappa shape index (κ1) is 15.0. The summed E-state index contributed by atoms with van der Waals surface area (Å²) in [6.07, 6.45) is 5.48. The van der Waals surface area contributed by atoms with Gasteiger partial charge in [0.2, 0.25) is 5.91 Å². The molecule has 1 aliphatic rings. The van der Waals surface area contributed by atoms with Gasteiger partial charge in [-0.3, -0.25) is 4.79 Å². The first-order valence-corrected chi connectivity index (χ1v) is 7.59. The Morgan fingerprint density at radius 1 is 1.20 bits per heavy atom. The summed E-state index contributed by atoms with van der Waals surface area (Å²) in [7, 11) is 3.99. The van der Waals surface area contributed by atoms with Crippen molar-refractivity contribution in [1.29, 1.82) is 0 Å². The lowest BCUT2D eigenvalue weighted by molar-refractivity contribution is -0.121. The first-order chi connectivity index (χ1) is 9.62. The molecule has 1 aromatic carbocycles. The molecule has 110 valence electrons. The maximum absolute atomic E-state index is 11.9. The van der Waals surface area contributed by atoms with Crippen LogP contribution in [0.3, 0.4) is 0 Å². The van der Waals surface area contributed by atoms with Crippen LogP contribution in [0.1, 0.15) is 37.7 Å². The zero-order chi connectivity index (χ0) is 14.4. The van der Waals surface area contributed by atoms with Crippen LogP contribution >= 0.6 is 0 Å². The number of carbonyl (C=O) groups is 1. The monoisotopic (exact) mass is 274 g/mol. The van der Waals surface area contributed by atoms with E-state index in [2.05, 4.69) is 35.6 Å². The third kappa shape index (κ3) is 3.83. The van der Waals surface area contributed by atoms with Crippen LogP contribution in [0.2, 0.25) is 0 Å². The van der Waals surface area contributed by atoms with Crippen LogP contribution in [-0.4, -0.2) is 38.0 Å². The van der Waals surface area contributed by atoms with E-state index in [1.807, 2.05) is 19.0 Å². The van der Waals surface area contributed by atoms with E-state index in [-0.39, 0.29) is 11.3 Å². The highest BCUT2D eigenvalue weighted by Crippen LogP contribution is 2.40. The molecule has 0 atom stereocenters. The molecule has 3 heteroatoms. The second kappa shape index (κ2) is 6.89. The lowest BCUT2D eigenvalue weighted by Crippen LogP contribution is -2.39. The van der Waals surface area contributed by atoms with Gasteiger partial charge in [-0.15, -0.1) is 0 Å². The van der Waals surface area contributed by atoms with Gasteiger partial charge in [0.15, 0.2) is 0 Å². The van der Waals surface area contributed by atoms with Crippen molar-refractivity contribution in [3.63, 3.8) is 0 Å². The Kier molecular flexibility index (Phi) is 5.18. The minimum atomic E-state index is 0.162. The van der Waals surface area contributed by atoms with E-state index in [0.717, 1.165) is 13.1 Å². The van der Waals surface area contributed by atoms with Gasteiger partial charge >= 0.3 is 0 Å². The van der Waals surface area contributed by atoms with Crippen molar-refractivity contribution in [1.82, 2.24) is 10.2 Å². The SMILES string of the molecule is CN(C)CCC(=O)NCC1(c2ccccc2)CCCC1. The van der Waals surface area contributed by atoms with Gasteiger partial charge < -0.3 is 10.2 Å². The number of nitrogens with zero attached hydrogens (tertiary/aromatic N) is 1. The summed E-state index contributed by atoms with van der Waals surface area (Å²) in [6.45, 7) is 1.59. The molecule has 0 spiro atoms. The van der Waals surface area contributed by atoms with Crippen LogP contribution in [0.15, 0.2) is 30.3 Å². The Morgan fingerprint density at radius 3 is 2.45 bits per heavy atom. The third-order valence-corrected chi connectivity index (χ3v) is 4.36. The number of amides is 1. The van der Waals surface area contributed by atoms with Gasteiger partial charge in [0.1, 0.15) is 0 Å². The van der Waals surface area contributed by atoms with Crippen LogP contribution < -0.4 is 5.32 Å². The van der Waals surface area contributed by atoms with E-state index in [0.29, 0.717) is 6.42 Å². The van der Waals surface area contributed by atoms with E-state index < -0.39 is 0 Å². The Hall–Kier alpha value is -1.35. The fourth-order valence-electron chi connectivity index (χ4n) is 3.09. The van der Waals surface area contributed by atoms with E-state index in [1.165, 1.54) is 31.2 Å². The summed E-state index contributed by atoms with van der Waals surface area (Å²) in [5.41, 5.74) is 1.54. The molecular weight excluding hydrogens is 248 g/mol. The minimum Gasteiger partial charge on any atom is -0.355 e. The fraction of sp³-hybridized carbons (Fsp3) is 0.588. The van der Waals surface area contributed by atoms with Crippen molar-refractivity contribution in [2.45, 2.75) is 37.5 Å². The summed E-state index contributed by atoms with van der Waals surface area (Å²) in [5, 5.41) is 3.15. The molecule has 1 amide bonds. The topological polar surface area (TPSA) is 32.3 Å². The predicted octanol–water partition coefficient (Wildman–Crippen LogP) is 2.57. The second-order valence-corrected chi connectivity index (χ2v) is 6.18. The maximum Gasteiger partial charge on any atom is 0.221 e. The summed E-state index contributed by atoms with van der Waals surface area (Å²) in [6, 6.07) is 10.7. The van der Waals surface area contributed by atoms with Crippen molar-refractivity contribution in [3.8, 4) is 0 Å². The number of hydrogen-bond acceptors (Lipinski definition) is 2. The van der Waals surface area contributed by atoms with Crippen LogP contribution in [0.5, 0.6) is 0 Å². The molecule has 3 nitrogen and oxygen atoms in total. The molecule has 1 aromatic rings. The standard InChI is InChI=1S/C17H26N2O/c1-19(2)13-10-16(20)18-14-17(11-6-7-12-17)15-8-4-3-5-9-15/h3-5,8-9H,6-7,10-14H2,1-2H3,(H,18,20). The maximum atomic E-state index is 11.9. The van der Waals surface area contributed by atoms with Crippen molar-refractivity contribution in [2.75, 3.05) is 27.2 Å². The van der Waals surface area contributed by atoms with Gasteiger partial charge in [-0.25, -0.2) is 0 Å². The number of nitrogens with one attached hydrogen (secondary N) is 1. The van der Waals surface area contributed by atoms with Crippen LogP contribution in [0.25, 0.3) is 0 Å². The summed E-state index contributed by atoms with van der Waals surface area (Å²) in [4.78, 5) is 14.0. The molecular formula is C17H26N2O. The molecule has 0 heterocycles. The van der Waals surface area contributed by atoms with Crippen molar-refractivity contribution >= 4 is 5.91 Å². The summed E-state index contributed by atoms with van der Waals surface area (Å²) >= 11 is 0. The number of carbonyl (C=O) groups excluding carboxylic acids is 1.